The molecule has 1 aromatic carbocycles. The van der Waals surface area contributed by atoms with E-state index in [0.717, 1.165) is 5.56 Å². The first-order chi connectivity index (χ1) is 12.2. The molecule has 2 fully saturated rings. The second kappa shape index (κ2) is 7.29. The summed E-state index contributed by atoms with van der Waals surface area (Å²) in [5, 5.41) is 3.20. The van der Waals surface area contributed by atoms with Crippen LogP contribution in [0.25, 0.3) is 0 Å². The molecule has 140 valence electrons. The number of amides is 2. The van der Waals surface area contributed by atoms with Crippen LogP contribution in [0.15, 0.2) is 12.1 Å². The summed E-state index contributed by atoms with van der Waals surface area (Å²) in [6.45, 7) is 3.26. The van der Waals surface area contributed by atoms with E-state index in [-0.39, 0.29) is 16.5 Å². The lowest BCUT2D eigenvalue weighted by atomic mass is 10.2. The van der Waals surface area contributed by atoms with Crippen molar-refractivity contribution in [1.82, 2.24) is 4.90 Å². The maximum Gasteiger partial charge on any atom is 0.330 e. The van der Waals surface area contributed by atoms with Crippen LogP contribution >= 0.6 is 35.0 Å². The van der Waals surface area contributed by atoms with Crippen molar-refractivity contribution < 1.29 is 19.1 Å². The minimum absolute atomic E-state index is 0.0535. The van der Waals surface area contributed by atoms with Gasteiger partial charge in [-0.05, 0) is 31.9 Å². The Morgan fingerprint density at radius 2 is 2.15 bits per heavy atom. The first kappa shape index (κ1) is 19.3. The zero-order valence-electron chi connectivity index (χ0n) is 14.3. The van der Waals surface area contributed by atoms with Gasteiger partial charge < -0.3 is 15.0 Å². The Kier molecular flexibility index (Phi) is 5.42. The molecule has 1 N–H and O–H groups in total. The van der Waals surface area contributed by atoms with E-state index in [1.54, 1.807) is 35.7 Å². The second-order valence-corrected chi connectivity index (χ2v) is 8.76. The number of ether oxygens (including phenoxy) is 1. The van der Waals surface area contributed by atoms with Gasteiger partial charge in [0.25, 0.3) is 5.91 Å². The Hall–Kier alpha value is -1.44. The third-order valence-electron chi connectivity index (χ3n) is 4.61. The molecule has 1 aromatic rings. The number of nitrogens with one attached hydrogen (secondary N) is 1. The van der Waals surface area contributed by atoms with Crippen LogP contribution in [0, 0.1) is 6.92 Å². The summed E-state index contributed by atoms with van der Waals surface area (Å²) < 4.78 is 5.13. The maximum absolute atomic E-state index is 12.4. The van der Waals surface area contributed by atoms with Gasteiger partial charge in [-0.25, -0.2) is 4.79 Å². The van der Waals surface area contributed by atoms with Crippen molar-refractivity contribution in [3.8, 4) is 0 Å². The largest absolute Gasteiger partial charge is 0.454 e. The normalized spacial score (nSPS) is 24.5. The third kappa shape index (κ3) is 3.52. The zero-order chi connectivity index (χ0) is 19.1. The number of hydrogen-bond acceptors (Lipinski definition) is 5. The molecule has 2 atom stereocenters. The van der Waals surface area contributed by atoms with Crippen LogP contribution < -0.4 is 5.32 Å². The van der Waals surface area contributed by atoms with E-state index >= 15 is 0 Å². The molecule has 0 aliphatic carbocycles. The lowest BCUT2D eigenvalue weighted by Crippen LogP contribution is -2.47. The number of fused-ring (bicyclic) bond motifs is 1. The average molecular weight is 417 g/mol. The van der Waals surface area contributed by atoms with Gasteiger partial charge in [-0.3, -0.25) is 9.59 Å². The number of carbonyl (C=O) groups excluding carboxylic acids is 3. The van der Waals surface area contributed by atoms with Gasteiger partial charge in [-0.1, -0.05) is 29.3 Å². The SMILES string of the molecule is Cc1ccc(Cl)c(NC(=O)COC(=O)[C@@H]2CS[C@]3(C)CCC(=O)N23)c1Cl. The number of anilines is 1. The number of nitrogens with zero attached hydrogens (tertiary/aromatic N) is 1. The van der Waals surface area contributed by atoms with Crippen LogP contribution in [0.2, 0.25) is 10.0 Å². The van der Waals surface area contributed by atoms with Crippen LogP contribution in [0.3, 0.4) is 0 Å². The number of thioether (sulfide) groups is 1. The Morgan fingerprint density at radius 1 is 1.42 bits per heavy atom. The van der Waals surface area contributed by atoms with Gasteiger partial charge >= 0.3 is 5.97 Å². The molecular weight excluding hydrogens is 399 g/mol. The van der Waals surface area contributed by atoms with Crippen LogP contribution in [0.4, 0.5) is 5.69 Å². The predicted octanol–water partition coefficient (Wildman–Crippen LogP) is 3.24. The van der Waals surface area contributed by atoms with Crippen molar-refractivity contribution >= 4 is 58.4 Å². The first-order valence-corrected chi connectivity index (χ1v) is 9.84. The highest BCUT2D eigenvalue weighted by atomic mass is 35.5. The quantitative estimate of drug-likeness (QED) is 0.762. The summed E-state index contributed by atoms with van der Waals surface area (Å²) in [6.07, 6.45) is 1.14. The van der Waals surface area contributed by atoms with E-state index < -0.39 is 24.5 Å². The highest BCUT2D eigenvalue weighted by Crippen LogP contribution is 2.47. The molecule has 0 bridgehead atoms. The molecule has 0 aromatic heterocycles. The van der Waals surface area contributed by atoms with Gasteiger partial charge in [-0.2, -0.15) is 0 Å². The lowest BCUT2D eigenvalue weighted by molar-refractivity contribution is -0.155. The maximum atomic E-state index is 12.4. The standard InChI is InChI=1S/C17H18Cl2N2O4S/c1-9-3-4-10(18)15(14(9)19)20-12(22)7-25-16(24)11-8-26-17(2)6-5-13(23)21(11)17/h3-4,11H,5-8H2,1-2H3,(H,20,22)/t11-,17+/m0/s1. The van der Waals surface area contributed by atoms with E-state index in [9.17, 15) is 14.4 Å². The molecule has 0 saturated carbocycles. The van der Waals surface area contributed by atoms with Crippen LogP contribution in [-0.4, -0.2) is 46.0 Å². The topological polar surface area (TPSA) is 75.7 Å². The summed E-state index contributed by atoms with van der Waals surface area (Å²) in [7, 11) is 0. The van der Waals surface area contributed by atoms with E-state index in [1.165, 1.54) is 0 Å². The molecule has 0 radical (unpaired) electrons. The smallest absolute Gasteiger partial charge is 0.330 e. The molecule has 26 heavy (non-hydrogen) atoms. The Bertz CT molecular complexity index is 788. The molecule has 0 spiro atoms. The molecule has 0 unspecified atom stereocenters. The minimum atomic E-state index is -0.654. The Morgan fingerprint density at radius 3 is 2.88 bits per heavy atom. The Balaban J connectivity index is 1.59. The summed E-state index contributed by atoms with van der Waals surface area (Å²) in [6, 6.07) is 2.71. The molecule has 9 heteroatoms. The second-order valence-electron chi connectivity index (χ2n) is 6.47. The van der Waals surface area contributed by atoms with Crippen molar-refractivity contribution in [3.63, 3.8) is 0 Å². The van der Waals surface area contributed by atoms with Crippen molar-refractivity contribution in [1.29, 1.82) is 0 Å². The van der Waals surface area contributed by atoms with E-state index in [4.69, 9.17) is 27.9 Å². The molecule has 3 rings (SSSR count). The number of rotatable bonds is 4. The van der Waals surface area contributed by atoms with Gasteiger partial charge in [0, 0.05) is 12.2 Å². The monoisotopic (exact) mass is 416 g/mol. The number of esters is 1. The fourth-order valence-corrected chi connectivity index (χ4v) is 5.06. The minimum Gasteiger partial charge on any atom is -0.454 e. The molecule has 2 aliphatic heterocycles. The molecule has 2 aliphatic rings. The van der Waals surface area contributed by atoms with E-state index in [2.05, 4.69) is 5.32 Å². The van der Waals surface area contributed by atoms with Crippen molar-refractivity contribution in [2.75, 3.05) is 17.7 Å². The van der Waals surface area contributed by atoms with Gasteiger partial charge in [0.2, 0.25) is 5.91 Å². The van der Waals surface area contributed by atoms with Crippen LogP contribution in [0.1, 0.15) is 25.3 Å². The number of halogens is 2. The van der Waals surface area contributed by atoms with Crippen LogP contribution in [-0.2, 0) is 19.1 Å². The first-order valence-electron chi connectivity index (χ1n) is 8.10. The molecule has 2 heterocycles. The average Bonchev–Trinajstić information content (AvgIpc) is 3.09. The summed E-state index contributed by atoms with van der Waals surface area (Å²) >= 11 is 13.8. The van der Waals surface area contributed by atoms with Crippen molar-refractivity contribution in [2.24, 2.45) is 0 Å². The highest BCUT2D eigenvalue weighted by Gasteiger charge is 2.53. The summed E-state index contributed by atoms with van der Waals surface area (Å²) in [5.74, 6) is -0.706. The third-order valence-corrected chi connectivity index (χ3v) is 6.92. The van der Waals surface area contributed by atoms with Crippen LogP contribution in [0.5, 0.6) is 0 Å². The number of hydrogen-bond donors (Lipinski definition) is 1. The predicted molar refractivity (Wildman–Crippen MR) is 102 cm³/mol. The molecule has 2 amide bonds. The van der Waals surface area contributed by atoms with E-state index in [1.807, 2.05) is 6.92 Å². The molecule has 6 nitrogen and oxygen atoms in total. The van der Waals surface area contributed by atoms with E-state index in [0.29, 0.717) is 28.6 Å². The number of aryl methyl sites for hydroxylation is 1. The van der Waals surface area contributed by atoms with Gasteiger partial charge in [-0.15, -0.1) is 11.8 Å². The van der Waals surface area contributed by atoms with Gasteiger partial charge in [0.05, 0.1) is 20.6 Å². The van der Waals surface area contributed by atoms with Crippen molar-refractivity contribution in [3.05, 3.63) is 27.7 Å². The fourth-order valence-electron chi connectivity index (χ4n) is 3.17. The molecule has 2 saturated heterocycles. The summed E-state index contributed by atoms with van der Waals surface area (Å²) in [4.78, 5) is 37.8. The van der Waals surface area contributed by atoms with Crippen molar-refractivity contribution in [2.45, 2.75) is 37.6 Å². The number of benzene rings is 1. The Labute approximate surface area is 165 Å². The lowest BCUT2D eigenvalue weighted by Gasteiger charge is -2.29. The fraction of sp³-hybridized carbons (Fsp3) is 0.471. The van der Waals surface area contributed by atoms with Gasteiger partial charge in [0.1, 0.15) is 6.04 Å². The summed E-state index contributed by atoms with van der Waals surface area (Å²) in [5.41, 5.74) is 1.05. The van der Waals surface area contributed by atoms with Gasteiger partial charge in [0.15, 0.2) is 6.61 Å². The molecular formula is C17H18Cl2N2O4S. The highest BCUT2D eigenvalue weighted by molar-refractivity contribution is 8.01. The zero-order valence-corrected chi connectivity index (χ0v) is 16.6. The number of carbonyl (C=O) groups is 3.